The molecule has 8 heteroatoms. The van der Waals surface area contributed by atoms with E-state index >= 15 is 0 Å². The molecule has 4 aromatic rings. The minimum absolute atomic E-state index is 0.0260. The zero-order chi connectivity index (χ0) is 21.9. The highest BCUT2D eigenvalue weighted by atomic mass is 32.2. The number of hydrogen-bond acceptors (Lipinski definition) is 7. The van der Waals surface area contributed by atoms with Crippen LogP contribution in [0.15, 0.2) is 78.0 Å². The second-order valence-electron chi connectivity index (χ2n) is 6.99. The lowest BCUT2D eigenvalue weighted by Crippen LogP contribution is -2.05. The van der Waals surface area contributed by atoms with E-state index in [1.54, 1.807) is 25.3 Å². The Labute approximate surface area is 189 Å². The molecule has 160 valence electrons. The molecule has 0 saturated heterocycles. The van der Waals surface area contributed by atoms with Crippen LogP contribution >= 0.6 is 11.8 Å². The first-order valence-electron chi connectivity index (χ1n) is 9.94. The van der Waals surface area contributed by atoms with Gasteiger partial charge < -0.3 is 14.2 Å². The van der Waals surface area contributed by atoms with Gasteiger partial charge in [0.25, 0.3) is 0 Å². The third kappa shape index (κ3) is 3.92. The maximum absolute atomic E-state index is 12.8. The highest BCUT2D eigenvalue weighted by Crippen LogP contribution is 2.33. The number of benzene rings is 3. The van der Waals surface area contributed by atoms with Gasteiger partial charge in [-0.1, -0.05) is 30.0 Å². The van der Waals surface area contributed by atoms with Crippen LogP contribution in [0.1, 0.15) is 10.4 Å². The van der Waals surface area contributed by atoms with Crippen LogP contribution in [-0.4, -0.2) is 40.2 Å². The topological polar surface area (TPSA) is 75.5 Å². The quantitative estimate of drug-likeness (QED) is 0.303. The molecule has 7 nitrogen and oxygen atoms in total. The molecule has 0 saturated carbocycles. The van der Waals surface area contributed by atoms with Gasteiger partial charge in [-0.15, -0.1) is 10.2 Å². The van der Waals surface area contributed by atoms with E-state index in [1.807, 2.05) is 59.2 Å². The average Bonchev–Trinajstić information content (AvgIpc) is 3.49. The van der Waals surface area contributed by atoms with E-state index in [0.717, 1.165) is 17.0 Å². The van der Waals surface area contributed by atoms with Gasteiger partial charge in [0, 0.05) is 16.8 Å². The van der Waals surface area contributed by atoms with Crippen molar-refractivity contribution in [2.24, 2.45) is 0 Å². The normalized spacial score (nSPS) is 12.0. The largest absolute Gasteiger partial charge is 0.497 e. The monoisotopic (exact) mass is 445 g/mol. The van der Waals surface area contributed by atoms with Crippen LogP contribution in [0.3, 0.4) is 0 Å². The first kappa shape index (κ1) is 20.1. The third-order valence-electron chi connectivity index (χ3n) is 5.02. The van der Waals surface area contributed by atoms with Gasteiger partial charge >= 0.3 is 0 Å². The van der Waals surface area contributed by atoms with Crippen LogP contribution in [-0.2, 0) is 0 Å². The second kappa shape index (κ2) is 8.76. The number of ether oxygens (including phenoxy) is 3. The van der Waals surface area contributed by atoms with E-state index in [4.69, 9.17) is 14.2 Å². The molecule has 3 aromatic carbocycles. The predicted octanol–water partition coefficient (Wildman–Crippen LogP) is 4.65. The summed E-state index contributed by atoms with van der Waals surface area (Å²) in [6, 6.07) is 22.7. The van der Waals surface area contributed by atoms with Crippen LogP contribution in [0.5, 0.6) is 17.2 Å². The van der Waals surface area contributed by atoms with Crippen molar-refractivity contribution in [1.29, 1.82) is 0 Å². The minimum Gasteiger partial charge on any atom is -0.497 e. The van der Waals surface area contributed by atoms with E-state index < -0.39 is 0 Å². The molecule has 0 fully saturated rings. The molecule has 0 bridgehead atoms. The summed E-state index contributed by atoms with van der Waals surface area (Å²) in [5.74, 6) is 2.90. The molecule has 1 aliphatic rings. The van der Waals surface area contributed by atoms with Crippen LogP contribution in [0, 0.1) is 0 Å². The molecule has 0 spiro atoms. The maximum atomic E-state index is 12.8. The number of aromatic nitrogens is 3. The maximum Gasteiger partial charge on any atom is 0.231 e. The number of methoxy groups -OCH3 is 1. The van der Waals surface area contributed by atoms with Gasteiger partial charge in [0.05, 0.1) is 12.9 Å². The number of ketones is 1. The molecule has 0 amide bonds. The van der Waals surface area contributed by atoms with Crippen LogP contribution in [0.25, 0.3) is 17.1 Å². The number of carbonyl (C=O) groups excluding carboxylic acids is 1. The van der Waals surface area contributed by atoms with Crippen molar-refractivity contribution in [2.45, 2.75) is 5.16 Å². The number of nitrogens with zero attached hydrogens (tertiary/aromatic N) is 3. The number of Topliss-reactive ketones (excluding diaryl/α,β-unsaturated/α-hetero) is 1. The number of thioether (sulfide) groups is 1. The van der Waals surface area contributed by atoms with Gasteiger partial charge in [-0.05, 0) is 54.6 Å². The number of rotatable bonds is 7. The number of hydrogen-bond donors (Lipinski definition) is 0. The Balaban J connectivity index is 1.43. The SMILES string of the molecule is COc1ccc(-c2nnc(SCC(=O)c3ccc4c(c3)OCO4)n2-c2ccccc2)cc1. The summed E-state index contributed by atoms with van der Waals surface area (Å²) < 4.78 is 17.9. The second-order valence-corrected chi connectivity index (χ2v) is 7.93. The van der Waals surface area contributed by atoms with Crippen LogP contribution < -0.4 is 14.2 Å². The number of carbonyl (C=O) groups is 1. The smallest absolute Gasteiger partial charge is 0.231 e. The summed E-state index contributed by atoms with van der Waals surface area (Å²) in [6.45, 7) is 0.177. The van der Waals surface area contributed by atoms with Crippen molar-refractivity contribution in [3.63, 3.8) is 0 Å². The molecule has 0 aliphatic carbocycles. The van der Waals surface area contributed by atoms with Crippen molar-refractivity contribution in [3.8, 4) is 34.3 Å². The first-order valence-corrected chi connectivity index (χ1v) is 10.9. The Bertz CT molecular complexity index is 1260. The van der Waals surface area contributed by atoms with Crippen molar-refractivity contribution >= 4 is 17.5 Å². The Hall–Kier alpha value is -3.78. The third-order valence-corrected chi connectivity index (χ3v) is 5.95. The molecule has 32 heavy (non-hydrogen) atoms. The molecular formula is C24H19N3O4S. The summed E-state index contributed by atoms with van der Waals surface area (Å²) in [6.07, 6.45) is 0. The Morgan fingerprint density at radius 1 is 1.00 bits per heavy atom. The summed E-state index contributed by atoms with van der Waals surface area (Å²) in [7, 11) is 1.63. The first-order chi connectivity index (χ1) is 15.7. The van der Waals surface area contributed by atoms with Crippen molar-refractivity contribution in [3.05, 3.63) is 78.4 Å². The van der Waals surface area contributed by atoms with Gasteiger partial charge in [0.2, 0.25) is 6.79 Å². The fourth-order valence-electron chi connectivity index (χ4n) is 3.38. The van der Waals surface area contributed by atoms with E-state index in [9.17, 15) is 4.79 Å². The van der Waals surface area contributed by atoms with Gasteiger partial charge in [0.15, 0.2) is 28.3 Å². The Morgan fingerprint density at radius 3 is 2.56 bits per heavy atom. The fraction of sp³-hybridized carbons (Fsp3) is 0.125. The highest BCUT2D eigenvalue weighted by molar-refractivity contribution is 7.99. The highest BCUT2D eigenvalue weighted by Gasteiger charge is 2.20. The van der Waals surface area contributed by atoms with Crippen molar-refractivity contribution < 1.29 is 19.0 Å². The van der Waals surface area contributed by atoms with Crippen molar-refractivity contribution in [2.75, 3.05) is 19.7 Å². The van der Waals surface area contributed by atoms with Gasteiger partial charge in [-0.2, -0.15) is 0 Å². The fourth-order valence-corrected chi connectivity index (χ4v) is 4.23. The number of para-hydroxylation sites is 1. The summed E-state index contributed by atoms with van der Waals surface area (Å²) in [4.78, 5) is 12.8. The summed E-state index contributed by atoms with van der Waals surface area (Å²) in [5.41, 5.74) is 2.39. The summed E-state index contributed by atoms with van der Waals surface area (Å²) in [5, 5.41) is 9.44. The Kier molecular flexibility index (Phi) is 5.51. The Morgan fingerprint density at radius 2 is 1.78 bits per heavy atom. The minimum atomic E-state index is -0.0260. The molecule has 0 atom stereocenters. The van der Waals surface area contributed by atoms with E-state index in [2.05, 4.69) is 10.2 Å². The van der Waals surface area contributed by atoms with Crippen molar-refractivity contribution in [1.82, 2.24) is 14.8 Å². The zero-order valence-electron chi connectivity index (χ0n) is 17.2. The van der Waals surface area contributed by atoms with E-state index in [1.165, 1.54) is 11.8 Å². The average molecular weight is 446 g/mol. The molecule has 1 aromatic heterocycles. The van der Waals surface area contributed by atoms with Crippen LogP contribution in [0.2, 0.25) is 0 Å². The molecule has 0 N–H and O–H groups in total. The van der Waals surface area contributed by atoms with Gasteiger partial charge in [-0.25, -0.2) is 0 Å². The molecule has 0 radical (unpaired) electrons. The molecule has 0 unspecified atom stereocenters. The zero-order valence-corrected chi connectivity index (χ0v) is 18.0. The lowest BCUT2D eigenvalue weighted by molar-refractivity contribution is 0.102. The summed E-state index contributed by atoms with van der Waals surface area (Å²) >= 11 is 1.34. The van der Waals surface area contributed by atoms with Gasteiger partial charge in [-0.3, -0.25) is 9.36 Å². The lowest BCUT2D eigenvalue weighted by atomic mass is 10.1. The molecule has 5 rings (SSSR count). The number of fused-ring (bicyclic) bond motifs is 1. The van der Waals surface area contributed by atoms with E-state index in [0.29, 0.717) is 28.0 Å². The van der Waals surface area contributed by atoms with Gasteiger partial charge in [0.1, 0.15) is 5.75 Å². The molecule has 1 aliphatic heterocycles. The lowest BCUT2D eigenvalue weighted by Gasteiger charge is -2.10. The molecular weight excluding hydrogens is 426 g/mol. The standard InChI is InChI=1S/C24H19N3O4S/c1-29-19-10-7-16(8-11-19)23-25-26-24(27(23)18-5-3-2-4-6-18)32-14-20(28)17-9-12-21-22(13-17)31-15-30-21/h2-13H,14-15H2,1H3. The van der Waals surface area contributed by atoms with E-state index in [-0.39, 0.29) is 18.3 Å². The van der Waals surface area contributed by atoms with Crippen LogP contribution in [0.4, 0.5) is 0 Å². The predicted molar refractivity (Wildman–Crippen MR) is 121 cm³/mol. The molecule has 2 heterocycles.